The predicted octanol–water partition coefficient (Wildman–Crippen LogP) is -0.595. The zero-order valence-corrected chi connectivity index (χ0v) is 7.77. The second-order valence-electron chi connectivity index (χ2n) is 3.55. The van der Waals surface area contributed by atoms with Crippen LogP contribution >= 0.6 is 0 Å². The Hall–Kier alpha value is -0.160. The van der Waals surface area contributed by atoms with Crippen LogP contribution in [-0.4, -0.2) is 53.7 Å². The Kier molecular flexibility index (Phi) is 3.06. The van der Waals surface area contributed by atoms with Crippen molar-refractivity contribution in [1.29, 1.82) is 0 Å². The largest absolute Gasteiger partial charge is 0.389 e. The lowest BCUT2D eigenvalue weighted by atomic mass is 9.99. The zero-order chi connectivity index (χ0) is 9.30. The molecule has 4 atom stereocenters. The summed E-state index contributed by atoms with van der Waals surface area (Å²) in [5, 5.41) is 18.9. The molecule has 1 rings (SSSR count). The minimum atomic E-state index is -0.740. The molecule has 0 aliphatic carbocycles. The van der Waals surface area contributed by atoms with Crippen LogP contribution in [0.4, 0.5) is 0 Å². The van der Waals surface area contributed by atoms with Gasteiger partial charge in [0.2, 0.25) is 0 Å². The number of ether oxygens (including phenoxy) is 1. The lowest BCUT2D eigenvalue weighted by molar-refractivity contribution is -0.212. The molecule has 0 spiro atoms. The normalized spacial score (nSPS) is 43.5. The molecule has 72 valence electrons. The van der Waals surface area contributed by atoms with Gasteiger partial charge in [0.25, 0.3) is 0 Å². The maximum absolute atomic E-state index is 9.65. The third kappa shape index (κ3) is 1.95. The summed E-state index contributed by atoms with van der Waals surface area (Å²) in [6, 6.07) is -0.0104. The highest BCUT2D eigenvalue weighted by Gasteiger charge is 2.35. The van der Waals surface area contributed by atoms with Crippen molar-refractivity contribution in [2.45, 2.75) is 37.9 Å². The van der Waals surface area contributed by atoms with Gasteiger partial charge in [-0.3, -0.25) is 0 Å². The third-order valence-corrected chi connectivity index (χ3v) is 2.35. The molecule has 4 heteroatoms. The standard InChI is InChI=1S/C8H17NO3/c1-5-8(11)6(9(2)3)4-7(10)12-5/h5-8,10-11H,4H2,1-3H3/t5-,6-,7-,8+/m0/s1. The van der Waals surface area contributed by atoms with E-state index >= 15 is 0 Å². The van der Waals surface area contributed by atoms with E-state index < -0.39 is 12.4 Å². The van der Waals surface area contributed by atoms with Gasteiger partial charge >= 0.3 is 0 Å². The summed E-state index contributed by atoms with van der Waals surface area (Å²) in [6.45, 7) is 1.77. The highest BCUT2D eigenvalue weighted by atomic mass is 16.6. The average Bonchev–Trinajstić information content (AvgIpc) is 1.96. The van der Waals surface area contributed by atoms with Crippen molar-refractivity contribution in [3.8, 4) is 0 Å². The Morgan fingerprint density at radius 3 is 2.42 bits per heavy atom. The molecule has 0 radical (unpaired) electrons. The number of rotatable bonds is 1. The summed E-state index contributed by atoms with van der Waals surface area (Å²) >= 11 is 0. The first-order valence-corrected chi connectivity index (χ1v) is 4.20. The molecule has 1 fully saturated rings. The molecule has 0 aromatic carbocycles. The third-order valence-electron chi connectivity index (χ3n) is 2.35. The van der Waals surface area contributed by atoms with Gasteiger partial charge in [0.1, 0.15) is 0 Å². The van der Waals surface area contributed by atoms with E-state index in [1.54, 1.807) is 6.92 Å². The van der Waals surface area contributed by atoms with E-state index in [0.29, 0.717) is 6.42 Å². The van der Waals surface area contributed by atoms with E-state index in [1.807, 2.05) is 19.0 Å². The van der Waals surface area contributed by atoms with Crippen molar-refractivity contribution in [2.75, 3.05) is 14.1 Å². The van der Waals surface area contributed by atoms with E-state index in [-0.39, 0.29) is 12.1 Å². The topological polar surface area (TPSA) is 52.9 Å². The van der Waals surface area contributed by atoms with Gasteiger partial charge in [-0.05, 0) is 21.0 Å². The van der Waals surface area contributed by atoms with Crippen LogP contribution in [0.1, 0.15) is 13.3 Å². The van der Waals surface area contributed by atoms with Crippen molar-refractivity contribution in [3.63, 3.8) is 0 Å². The molecule has 1 heterocycles. The molecule has 12 heavy (non-hydrogen) atoms. The number of nitrogens with zero attached hydrogens (tertiary/aromatic N) is 1. The van der Waals surface area contributed by atoms with Crippen LogP contribution in [-0.2, 0) is 4.74 Å². The molecule has 1 aliphatic heterocycles. The van der Waals surface area contributed by atoms with Crippen LogP contribution in [0.3, 0.4) is 0 Å². The van der Waals surface area contributed by atoms with Crippen molar-refractivity contribution >= 4 is 0 Å². The maximum atomic E-state index is 9.65. The van der Waals surface area contributed by atoms with Crippen LogP contribution in [0.25, 0.3) is 0 Å². The van der Waals surface area contributed by atoms with Gasteiger partial charge in [0.05, 0.1) is 12.2 Å². The smallest absolute Gasteiger partial charge is 0.156 e. The molecule has 1 aliphatic rings. The van der Waals surface area contributed by atoms with E-state index in [4.69, 9.17) is 4.74 Å². The van der Waals surface area contributed by atoms with Gasteiger partial charge in [0, 0.05) is 12.5 Å². The summed E-state index contributed by atoms with van der Waals surface area (Å²) in [4.78, 5) is 1.91. The minimum absolute atomic E-state index is 0.0104. The highest BCUT2D eigenvalue weighted by molar-refractivity contribution is 4.85. The maximum Gasteiger partial charge on any atom is 0.156 e. The van der Waals surface area contributed by atoms with Crippen molar-refractivity contribution < 1.29 is 14.9 Å². The van der Waals surface area contributed by atoms with E-state index in [2.05, 4.69) is 0 Å². The Bertz CT molecular complexity index is 151. The summed E-state index contributed by atoms with van der Waals surface area (Å²) in [5.74, 6) is 0. The van der Waals surface area contributed by atoms with Crippen LogP contribution in [0.15, 0.2) is 0 Å². The second-order valence-corrected chi connectivity index (χ2v) is 3.55. The molecule has 0 unspecified atom stereocenters. The lowest BCUT2D eigenvalue weighted by Gasteiger charge is -2.39. The Morgan fingerprint density at radius 2 is 1.92 bits per heavy atom. The Morgan fingerprint density at radius 1 is 1.33 bits per heavy atom. The Balaban J connectivity index is 2.60. The number of hydrogen-bond donors (Lipinski definition) is 2. The van der Waals surface area contributed by atoms with Gasteiger partial charge < -0.3 is 19.8 Å². The molecule has 0 bridgehead atoms. The zero-order valence-electron chi connectivity index (χ0n) is 7.77. The number of aliphatic hydroxyl groups excluding tert-OH is 2. The lowest BCUT2D eigenvalue weighted by Crippen LogP contribution is -2.52. The van der Waals surface area contributed by atoms with Crippen LogP contribution in [0, 0.1) is 0 Å². The van der Waals surface area contributed by atoms with Crippen LogP contribution in [0.5, 0.6) is 0 Å². The van der Waals surface area contributed by atoms with E-state index in [9.17, 15) is 10.2 Å². The number of aliphatic hydroxyl groups is 2. The summed E-state index contributed by atoms with van der Waals surface area (Å²) in [6.07, 6.45) is -1.07. The van der Waals surface area contributed by atoms with E-state index in [0.717, 1.165) is 0 Å². The van der Waals surface area contributed by atoms with E-state index in [1.165, 1.54) is 0 Å². The molecule has 4 nitrogen and oxygen atoms in total. The molecule has 2 N–H and O–H groups in total. The summed E-state index contributed by atoms with van der Waals surface area (Å²) in [5.41, 5.74) is 0. The second kappa shape index (κ2) is 3.70. The molecular weight excluding hydrogens is 158 g/mol. The minimum Gasteiger partial charge on any atom is -0.389 e. The monoisotopic (exact) mass is 175 g/mol. The molecule has 0 aromatic heterocycles. The first kappa shape index (κ1) is 9.92. The van der Waals surface area contributed by atoms with Gasteiger partial charge in [-0.15, -0.1) is 0 Å². The first-order chi connectivity index (χ1) is 5.52. The summed E-state index contributed by atoms with van der Waals surface area (Å²) < 4.78 is 5.06. The van der Waals surface area contributed by atoms with Crippen molar-refractivity contribution in [3.05, 3.63) is 0 Å². The van der Waals surface area contributed by atoms with Gasteiger partial charge in [-0.1, -0.05) is 0 Å². The molecule has 0 amide bonds. The van der Waals surface area contributed by atoms with Gasteiger partial charge in [-0.25, -0.2) is 0 Å². The average molecular weight is 175 g/mol. The number of likely N-dealkylation sites (N-methyl/N-ethyl adjacent to an activating group) is 1. The predicted molar refractivity (Wildman–Crippen MR) is 44.7 cm³/mol. The SMILES string of the molecule is C[C@@H]1O[C@H](O)C[C@H](N(C)C)[C@@H]1O. The van der Waals surface area contributed by atoms with Gasteiger partial charge in [0.15, 0.2) is 6.29 Å². The highest BCUT2D eigenvalue weighted by Crippen LogP contribution is 2.21. The first-order valence-electron chi connectivity index (χ1n) is 4.20. The molecule has 0 saturated carbocycles. The molecule has 0 aromatic rings. The fourth-order valence-electron chi connectivity index (χ4n) is 1.56. The fraction of sp³-hybridized carbons (Fsp3) is 1.00. The quantitative estimate of drug-likeness (QED) is 0.559. The molecular formula is C8H17NO3. The van der Waals surface area contributed by atoms with Crippen molar-refractivity contribution in [2.24, 2.45) is 0 Å². The molecule has 1 saturated heterocycles. The summed E-state index contributed by atoms with van der Waals surface area (Å²) in [7, 11) is 3.78. The Labute approximate surface area is 72.7 Å². The number of hydrogen-bond acceptors (Lipinski definition) is 4. The van der Waals surface area contributed by atoms with Gasteiger partial charge in [-0.2, -0.15) is 0 Å². The van der Waals surface area contributed by atoms with Crippen LogP contribution < -0.4 is 0 Å². The van der Waals surface area contributed by atoms with Crippen LogP contribution in [0.2, 0.25) is 0 Å². The van der Waals surface area contributed by atoms with Crippen molar-refractivity contribution in [1.82, 2.24) is 4.90 Å². The fourth-order valence-corrected chi connectivity index (χ4v) is 1.56.